The fourth-order valence-electron chi connectivity index (χ4n) is 2.34. The second-order valence-electron chi connectivity index (χ2n) is 4.93. The van der Waals surface area contributed by atoms with E-state index in [1.807, 2.05) is 54.1 Å². The molecule has 0 aliphatic heterocycles. The van der Waals surface area contributed by atoms with Crippen molar-refractivity contribution >= 4 is 11.6 Å². The monoisotopic (exact) mass is 297 g/mol. The van der Waals surface area contributed by atoms with Crippen molar-refractivity contribution in [3.8, 4) is 16.9 Å². The Hall–Kier alpha value is -2.10. The number of benzene rings is 2. The zero-order chi connectivity index (χ0) is 14.8. The first-order valence-corrected chi connectivity index (χ1v) is 7.18. The van der Waals surface area contributed by atoms with Gasteiger partial charge in [0, 0.05) is 17.1 Å². The summed E-state index contributed by atoms with van der Waals surface area (Å²) in [6, 6.07) is 18.0. The molecule has 0 aliphatic rings. The Balaban J connectivity index is 2.22. The molecule has 4 heteroatoms. The maximum Gasteiger partial charge on any atom is 0.0771 e. The van der Waals surface area contributed by atoms with Gasteiger partial charge in [-0.2, -0.15) is 5.10 Å². The normalized spacial score (nSPS) is 10.8. The van der Waals surface area contributed by atoms with Gasteiger partial charge in [0.2, 0.25) is 0 Å². The van der Waals surface area contributed by atoms with Gasteiger partial charge < -0.3 is 5.73 Å². The van der Waals surface area contributed by atoms with Gasteiger partial charge >= 0.3 is 0 Å². The molecular formula is C17H16ClN3. The number of nitrogens with two attached hydrogens (primary N) is 1. The summed E-state index contributed by atoms with van der Waals surface area (Å²) in [7, 11) is 0. The number of halogens is 1. The standard InChI is InChI=1S/C17H16ClN3/c1-12-7-8-14(18)9-16(12)21-17(10-15(11-19)20-21)13-5-3-2-4-6-13/h2-10H,11,19H2,1H3. The summed E-state index contributed by atoms with van der Waals surface area (Å²) in [6.07, 6.45) is 0. The van der Waals surface area contributed by atoms with E-state index in [1.165, 1.54) is 0 Å². The second-order valence-corrected chi connectivity index (χ2v) is 5.37. The Kier molecular flexibility index (Phi) is 3.78. The Bertz CT molecular complexity index is 763. The van der Waals surface area contributed by atoms with Crippen molar-refractivity contribution in [3.05, 3.63) is 70.9 Å². The average molecular weight is 298 g/mol. The van der Waals surface area contributed by atoms with Crippen LogP contribution in [0.1, 0.15) is 11.3 Å². The number of aromatic nitrogens is 2. The summed E-state index contributed by atoms with van der Waals surface area (Å²) < 4.78 is 1.92. The van der Waals surface area contributed by atoms with Gasteiger partial charge in [0.15, 0.2) is 0 Å². The summed E-state index contributed by atoms with van der Waals surface area (Å²) in [6.45, 7) is 2.46. The summed E-state index contributed by atoms with van der Waals surface area (Å²) in [4.78, 5) is 0. The van der Waals surface area contributed by atoms with E-state index in [9.17, 15) is 0 Å². The third-order valence-corrected chi connectivity index (χ3v) is 3.67. The number of rotatable bonds is 3. The maximum absolute atomic E-state index is 6.14. The molecule has 0 saturated heterocycles. The molecule has 0 fully saturated rings. The minimum atomic E-state index is 0.409. The van der Waals surface area contributed by atoms with E-state index in [1.54, 1.807) is 0 Å². The topological polar surface area (TPSA) is 43.8 Å². The number of hydrogen-bond donors (Lipinski definition) is 1. The molecule has 1 aromatic heterocycles. The summed E-state index contributed by atoms with van der Waals surface area (Å²) in [5.41, 5.74) is 10.8. The molecular weight excluding hydrogens is 282 g/mol. The van der Waals surface area contributed by atoms with Crippen molar-refractivity contribution in [2.24, 2.45) is 5.73 Å². The summed E-state index contributed by atoms with van der Waals surface area (Å²) >= 11 is 6.14. The third kappa shape index (κ3) is 2.71. The highest BCUT2D eigenvalue weighted by molar-refractivity contribution is 6.30. The van der Waals surface area contributed by atoms with Crippen LogP contribution in [0.3, 0.4) is 0 Å². The Morgan fingerprint density at radius 3 is 2.57 bits per heavy atom. The zero-order valence-corrected chi connectivity index (χ0v) is 12.5. The molecule has 3 aromatic rings. The third-order valence-electron chi connectivity index (χ3n) is 3.44. The molecule has 0 atom stereocenters. The molecule has 0 spiro atoms. The van der Waals surface area contributed by atoms with Crippen molar-refractivity contribution in [1.29, 1.82) is 0 Å². The largest absolute Gasteiger partial charge is 0.325 e. The van der Waals surface area contributed by atoms with E-state index in [-0.39, 0.29) is 0 Å². The Morgan fingerprint density at radius 2 is 1.86 bits per heavy atom. The number of aryl methyl sites for hydroxylation is 1. The Labute approximate surface area is 129 Å². The molecule has 2 N–H and O–H groups in total. The van der Waals surface area contributed by atoms with Crippen LogP contribution in [0.15, 0.2) is 54.6 Å². The molecule has 1 heterocycles. The van der Waals surface area contributed by atoms with Crippen LogP contribution in [-0.4, -0.2) is 9.78 Å². The van der Waals surface area contributed by atoms with E-state index in [0.29, 0.717) is 11.6 Å². The van der Waals surface area contributed by atoms with Crippen molar-refractivity contribution in [1.82, 2.24) is 9.78 Å². The minimum Gasteiger partial charge on any atom is -0.325 e. The van der Waals surface area contributed by atoms with Gasteiger partial charge in [-0.25, -0.2) is 4.68 Å². The van der Waals surface area contributed by atoms with E-state index in [0.717, 1.165) is 28.2 Å². The molecule has 0 saturated carbocycles. The lowest BCUT2D eigenvalue weighted by molar-refractivity contribution is 0.833. The molecule has 3 rings (SSSR count). The van der Waals surface area contributed by atoms with Gasteiger partial charge in [-0.15, -0.1) is 0 Å². The summed E-state index contributed by atoms with van der Waals surface area (Å²) in [5.74, 6) is 0. The lowest BCUT2D eigenvalue weighted by atomic mass is 10.1. The van der Waals surface area contributed by atoms with E-state index < -0.39 is 0 Å². The predicted octanol–water partition coefficient (Wildman–Crippen LogP) is 3.96. The van der Waals surface area contributed by atoms with Crippen LogP contribution >= 0.6 is 11.6 Å². The van der Waals surface area contributed by atoms with Gasteiger partial charge in [-0.1, -0.05) is 48.0 Å². The first-order chi connectivity index (χ1) is 10.2. The number of nitrogens with zero attached hydrogens (tertiary/aromatic N) is 2. The fourth-order valence-corrected chi connectivity index (χ4v) is 2.51. The van der Waals surface area contributed by atoms with Crippen LogP contribution in [0.4, 0.5) is 0 Å². The maximum atomic E-state index is 6.14. The molecule has 0 radical (unpaired) electrons. The van der Waals surface area contributed by atoms with Gasteiger partial charge in [0.1, 0.15) is 0 Å². The average Bonchev–Trinajstić information content (AvgIpc) is 2.95. The van der Waals surface area contributed by atoms with E-state index in [2.05, 4.69) is 17.2 Å². The van der Waals surface area contributed by atoms with Crippen LogP contribution in [-0.2, 0) is 6.54 Å². The molecule has 0 bridgehead atoms. The van der Waals surface area contributed by atoms with Crippen LogP contribution in [0, 0.1) is 6.92 Å². The van der Waals surface area contributed by atoms with Gasteiger partial charge in [0.05, 0.1) is 17.1 Å². The highest BCUT2D eigenvalue weighted by atomic mass is 35.5. The van der Waals surface area contributed by atoms with Gasteiger partial charge in [-0.05, 0) is 30.7 Å². The molecule has 0 amide bonds. The quantitative estimate of drug-likeness (QED) is 0.795. The first kappa shape index (κ1) is 13.9. The molecule has 2 aromatic carbocycles. The van der Waals surface area contributed by atoms with Crippen LogP contribution < -0.4 is 5.73 Å². The van der Waals surface area contributed by atoms with Crippen LogP contribution in [0.5, 0.6) is 0 Å². The molecule has 3 nitrogen and oxygen atoms in total. The second kappa shape index (κ2) is 5.72. The highest BCUT2D eigenvalue weighted by Gasteiger charge is 2.12. The highest BCUT2D eigenvalue weighted by Crippen LogP contribution is 2.27. The lowest BCUT2D eigenvalue weighted by Crippen LogP contribution is -2.03. The zero-order valence-electron chi connectivity index (χ0n) is 11.8. The van der Waals surface area contributed by atoms with Gasteiger partial charge in [0.25, 0.3) is 0 Å². The molecule has 0 aliphatic carbocycles. The summed E-state index contributed by atoms with van der Waals surface area (Å²) in [5, 5.41) is 5.30. The van der Waals surface area contributed by atoms with Crippen molar-refractivity contribution < 1.29 is 0 Å². The van der Waals surface area contributed by atoms with E-state index in [4.69, 9.17) is 17.3 Å². The predicted molar refractivity (Wildman–Crippen MR) is 86.6 cm³/mol. The first-order valence-electron chi connectivity index (χ1n) is 6.80. The smallest absolute Gasteiger partial charge is 0.0771 e. The van der Waals surface area contributed by atoms with Gasteiger partial charge in [-0.3, -0.25) is 0 Å². The van der Waals surface area contributed by atoms with Crippen LogP contribution in [0.25, 0.3) is 16.9 Å². The van der Waals surface area contributed by atoms with Crippen molar-refractivity contribution in [3.63, 3.8) is 0 Å². The fraction of sp³-hybridized carbons (Fsp3) is 0.118. The van der Waals surface area contributed by atoms with Crippen LogP contribution in [0.2, 0.25) is 5.02 Å². The Morgan fingerprint density at radius 1 is 1.10 bits per heavy atom. The van der Waals surface area contributed by atoms with E-state index >= 15 is 0 Å². The minimum absolute atomic E-state index is 0.409. The molecule has 0 unspecified atom stereocenters. The molecule has 21 heavy (non-hydrogen) atoms. The SMILES string of the molecule is Cc1ccc(Cl)cc1-n1nc(CN)cc1-c1ccccc1. The molecule has 106 valence electrons. The number of hydrogen-bond acceptors (Lipinski definition) is 2. The van der Waals surface area contributed by atoms with Crippen molar-refractivity contribution in [2.75, 3.05) is 0 Å². The van der Waals surface area contributed by atoms with Crippen molar-refractivity contribution in [2.45, 2.75) is 13.5 Å². The lowest BCUT2D eigenvalue weighted by Gasteiger charge is -2.11.